The van der Waals surface area contributed by atoms with E-state index in [0.29, 0.717) is 18.0 Å². The van der Waals surface area contributed by atoms with E-state index in [9.17, 15) is 10.1 Å². The third-order valence-electron chi connectivity index (χ3n) is 2.75. The molecule has 0 fully saturated rings. The van der Waals surface area contributed by atoms with E-state index in [1.54, 1.807) is 12.1 Å². The highest BCUT2D eigenvalue weighted by Crippen LogP contribution is 2.28. The molecule has 0 aromatic heterocycles. The van der Waals surface area contributed by atoms with Crippen LogP contribution in [0.2, 0.25) is 0 Å². The third-order valence-corrected chi connectivity index (χ3v) is 2.75. The van der Waals surface area contributed by atoms with Crippen LogP contribution in [0, 0.1) is 10.1 Å². The molecule has 6 heteroatoms. The van der Waals surface area contributed by atoms with Gasteiger partial charge in [-0.25, -0.2) is 0 Å². The van der Waals surface area contributed by atoms with Crippen LogP contribution in [-0.4, -0.2) is 43.6 Å². The summed E-state index contributed by atoms with van der Waals surface area (Å²) in [5.74, 6) is 0.604. The molecule has 0 unspecified atom stereocenters. The number of hydrogen-bond donors (Lipinski definition) is 1. The van der Waals surface area contributed by atoms with Gasteiger partial charge in [-0.2, -0.15) is 0 Å². The number of hydrogen-bond acceptors (Lipinski definition) is 5. The van der Waals surface area contributed by atoms with Crippen molar-refractivity contribution in [3.8, 4) is 5.75 Å². The number of nitrogens with zero attached hydrogens (tertiary/aromatic N) is 2. The van der Waals surface area contributed by atoms with Gasteiger partial charge >= 0.3 is 0 Å². The Kier molecular flexibility index (Phi) is 5.38. The molecule has 0 bridgehead atoms. The molecule has 0 spiro atoms. The van der Waals surface area contributed by atoms with Gasteiger partial charge in [0.05, 0.1) is 12.0 Å². The van der Waals surface area contributed by atoms with Crippen LogP contribution in [-0.2, 0) is 0 Å². The first-order chi connectivity index (χ1) is 8.58. The summed E-state index contributed by atoms with van der Waals surface area (Å²) in [6, 6.07) is 4.68. The highest BCUT2D eigenvalue weighted by atomic mass is 16.6. The van der Waals surface area contributed by atoms with Gasteiger partial charge in [-0.15, -0.1) is 0 Å². The molecule has 0 aliphatic heterocycles. The zero-order valence-electron chi connectivity index (χ0n) is 11.0. The van der Waals surface area contributed by atoms with Crippen LogP contribution < -0.4 is 10.1 Å². The average Bonchev–Trinajstić information content (AvgIpc) is 2.37. The summed E-state index contributed by atoms with van der Waals surface area (Å²) in [5.41, 5.74) is 0.554. The summed E-state index contributed by atoms with van der Waals surface area (Å²) >= 11 is 0. The number of ether oxygens (including phenoxy) is 1. The first-order valence-electron chi connectivity index (χ1n) is 5.83. The molecule has 0 aliphatic rings. The molecule has 6 nitrogen and oxygen atoms in total. The number of rotatable bonds is 7. The maximum Gasteiger partial charge on any atom is 0.292 e. The molecule has 1 aromatic carbocycles. The molecular formula is C12H19N3O3. The number of nitro benzene ring substituents is 1. The lowest BCUT2D eigenvalue weighted by atomic mass is 10.2. The second-order valence-corrected chi connectivity index (χ2v) is 3.96. The molecular weight excluding hydrogens is 234 g/mol. The van der Waals surface area contributed by atoms with Gasteiger partial charge in [0.25, 0.3) is 5.69 Å². The molecule has 0 atom stereocenters. The van der Waals surface area contributed by atoms with Gasteiger partial charge < -0.3 is 15.0 Å². The Labute approximate surface area is 107 Å². The van der Waals surface area contributed by atoms with Gasteiger partial charge in [-0.3, -0.25) is 10.1 Å². The predicted octanol–water partition coefficient (Wildman–Crippen LogP) is 1.97. The van der Waals surface area contributed by atoms with Gasteiger partial charge in [0.1, 0.15) is 11.4 Å². The largest absolute Gasteiger partial charge is 0.497 e. The number of methoxy groups -OCH3 is 1. The van der Waals surface area contributed by atoms with E-state index in [4.69, 9.17) is 4.74 Å². The lowest BCUT2D eigenvalue weighted by molar-refractivity contribution is -0.384. The van der Waals surface area contributed by atoms with Crippen molar-refractivity contribution in [2.75, 3.05) is 39.1 Å². The minimum absolute atomic E-state index is 0.0648. The summed E-state index contributed by atoms with van der Waals surface area (Å²) in [5, 5.41) is 14.0. The van der Waals surface area contributed by atoms with Crippen molar-refractivity contribution in [2.24, 2.45) is 0 Å². The maximum atomic E-state index is 10.9. The average molecular weight is 253 g/mol. The molecule has 0 radical (unpaired) electrons. The molecule has 100 valence electrons. The molecule has 0 amide bonds. The summed E-state index contributed by atoms with van der Waals surface area (Å²) in [6.45, 7) is 4.49. The van der Waals surface area contributed by atoms with Crippen molar-refractivity contribution in [3.05, 3.63) is 28.3 Å². The molecule has 0 aliphatic carbocycles. The highest BCUT2D eigenvalue weighted by Gasteiger charge is 2.14. The lowest BCUT2D eigenvalue weighted by Crippen LogP contribution is -2.24. The first-order valence-corrected chi connectivity index (χ1v) is 5.83. The van der Waals surface area contributed by atoms with Crippen molar-refractivity contribution >= 4 is 11.4 Å². The fraction of sp³-hybridized carbons (Fsp3) is 0.500. The second kappa shape index (κ2) is 6.80. The number of likely N-dealkylation sites (N-methyl/N-ethyl adjacent to an activating group) is 1. The number of anilines is 1. The SMILES string of the molecule is CCN(C)CCNc1cc(OC)ccc1[N+](=O)[O-]. The van der Waals surface area contributed by atoms with E-state index in [-0.39, 0.29) is 5.69 Å². The predicted molar refractivity (Wildman–Crippen MR) is 71.3 cm³/mol. The van der Waals surface area contributed by atoms with E-state index in [1.807, 2.05) is 7.05 Å². The van der Waals surface area contributed by atoms with Crippen LogP contribution in [0.15, 0.2) is 18.2 Å². The van der Waals surface area contributed by atoms with Gasteiger partial charge in [0.2, 0.25) is 0 Å². The molecule has 18 heavy (non-hydrogen) atoms. The number of benzene rings is 1. The maximum absolute atomic E-state index is 10.9. The van der Waals surface area contributed by atoms with Gasteiger partial charge in [0.15, 0.2) is 0 Å². The monoisotopic (exact) mass is 253 g/mol. The smallest absolute Gasteiger partial charge is 0.292 e. The van der Waals surface area contributed by atoms with Crippen LogP contribution in [0.5, 0.6) is 5.75 Å². The Balaban J connectivity index is 2.75. The zero-order valence-corrected chi connectivity index (χ0v) is 11.0. The minimum Gasteiger partial charge on any atom is -0.497 e. The van der Waals surface area contributed by atoms with Crippen molar-refractivity contribution in [1.82, 2.24) is 4.90 Å². The molecule has 0 heterocycles. The fourth-order valence-electron chi connectivity index (χ4n) is 1.48. The minimum atomic E-state index is -0.398. The zero-order chi connectivity index (χ0) is 13.5. The van der Waals surface area contributed by atoms with Crippen LogP contribution in [0.1, 0.15) is 6.92 Å². The van der Waals surface area contributed by atoms with Crippen LogP contribution >= 0.6 is 0 Å². The molecule has 1 rings (SSSR count). The van der Waals surface area contributed by atoms with Gasteiger partial charge in [0, 0.05) is 25.2 Å². The summed E-state index contributed by atoms with van der Waals surface area (Å²) < 4.78 is 5.07. The topological polar surface area (TPSA) is 67.6 Å². The van der Waals surface area contributed by atoms with Crippen molar-refractivity contribution in [1.29, 1.82) is 0 Å². The highest BCUT2D eigenvalue weighted by molar-refractivity contribution is 5.64. The van der Waals surface area contributed by atoms with Crippen molar-refractivity contribution in [2.45, 2.75) is 6.92 Å². The van der Waals surface area contributed by atoms with E-state index < -0.39 is 4.92 Å². The third kappa shape index (κ3) is 3.89. The fourth-order valence-corrected chi connectivity index (χ4v) is 1.48. The first kappa shape index (κ1) is 14.2. The summed E-state index contributed by atoms with van der Waals surface area (Å²) in [4.78, 5) is 12.6. The van der Waals surface area contributed by atoms with E-state index in [2.05, 4.69) is 17.1 Å². The second-order valence-electron chi connectivity index (χ2n) is 3.96. The van der Waals surface area contributed by atoms with Gasteiger partial charge in [-0.05, 0) is 19.7 Å². The quantitative estimate of drug-likeness (QED) is 0.594. The van der Waals surface area contributed by atoms with Crippen molar-refractivity contribution < 1.29 is 9.66 Å². The molecule has 1 N–H and O–H groups in total. The number of nitro groups is 1. The Morgan fingerprint density at radius 2 is 2.22 bits per heavy atom. The summed E-state index contributed by atoms with van der Waals surface area (Å²) in [7, 11) is 3.54. The van der Waals surface area contributed by atoms with Gasteiger partial charge in [-0.1, -0.05) is 6.92 Å². The molecule has 0 saturated carbocycles. The Morgan fingerprint density at radius 3 is 2.78 bits per heavy atom. The van der Waals surface area contributed by atoms with Crippen molar-refractivity contribution in [3.63, 3.8) is 0 Å². The van der Waals surface area contributed by atoms with Crippen LogP contribution in [0.25, 0.3) is 0 Å². The summed E-state index contributed by atoms with van der Waals surface area (Å²) in [6.07, 6.45) is 0. The number of nitrogens with one attached hydrogen (secondary N) is 1. The normalized spacial score (nSPS) is 10.4. The Hall–Kier alpha value is -1.82. The molecule has 0 saturated heterocycles. The lowest BCUT2D eigenvalue weighted by Gasteiger charge is -2.15. The molecule has 1 aromatic rings. The van der Waals surface area contributed by atoms with E-state index >= 15 is 0 Å². The van der Waals surface area contributed by atoms with Crippen LogP contribution in [0.3, 0.4) is 0 Å². The Morgan fingerprint density at radius 1 is 1.50 bits per heavy atom. The van der Waals surface area contributed by atoms with E-state index in [0.717, 1.165) is 13.1 Å². The van der Waals surface area contributed by atoms with E-state index in [1.165, 1.54) is 13.2 Å². The van der Waals surface area contributed by atoms with Crippen LogP contribution in [0.4, 0.5) is 11.4 Å². The Bertz CT molecular complexity index is 410. The standard InChI is InChI=1S/C12H19N3O3/c1-4-14(2)8-7-13-11-9-10(18-3)5-6-12(11)15(16)17/h5-6,9,13H,4,7-8H2,1-3H3.